The molecule has 1 saturated heterocycles. The van der Waals surface area contributed by atoms with Gasteiger partial charge in [0.25, 0.3) is 0 Å². The Morgan fingerprint density at radius 1 is 1.26 bits per heavy atom. The third-order valence-corrected chi connectivity index (χ3v) is 11.2. The molecule has 2 atom stereocenters. The molecule has 1 amide bonds. The summed E-state index contributed by atoms with van der Waals surface area (Å²) in [5, 5.41) is 0.142. The molecule has 0 aromatic heterocycles. The average molecular weight is 410 g/mol. The summed E-state index contributed by atoms with van der Waals surface area (Å²) >= 11 is 1.57. The Labute approximate surface area is 170 Å². The van der Waals surface area contributed by atoms with Crippen LogP contribution in [-0.4, -0.2) is 49.4 Å². The number of carbonyl (C=O) groups excluding carboxylic acids is 1. The SMILES string of the molecule is C[C@H]1OC(C)(C)N(C(=O)CSc2ccccc2)[C@@H]1CO[Si](C)(C)C(C)(C)C. The van der Waals surface area contributed by atoms with Crippen molar-refractivity contribution in [3.8, 4) is 0 Å². The van der Waals surface area contributed by atoms with Gasteiger partial charge in [-0.05, 0) is 51.0 Å². The van der Waals surface area contributed by atoms with E-state index in [9.17, 15) is 4.79 Å². The normalized spacial score (nSPS) is 22.9. The molecule has 0 saturated carbocycles. The Balaban J connectivity index is 2.09. The lowest BCUT2D eigenvalue weighted by Gasteiger charge is -2.39. The van der Waals surface area contributed by atoms with Crippen molar-refractivity contribution in [1.82, 2.24) is 4.90 Å². The van der Waals surface area contributed by atoms with Crippen LogP contribution in [0.4, 0.5) is 0 Å². The molecule has 0 unspecified atom stereocenters. The number of nitrogens with zero attached hydrogens (tertiary/aromatic N) is 1. The smallest absolute Gasteiger partial charge is 0.235 e. The van der Waals surface area contributed by atoms with Crippen molar-refractivity contribution >= 4 is 26.0 Å². The van der Waals surface area contributed by atoms with E-state index in [4.69, 9.17) is 9.16 Å². The van der Waals surface area contributed by atoms with Crippen molar-refractivity contribution in [1.29, 1.82) is 0 Å². The Kier molecular flexibility index (Phi) is 6.88. The maximum atomic E-state index is 13.1. The Morgan fingerprint density at radius 2 is 1.85 bits per heavy atom. The zero-order valence-corrected chi connectivity index (χ0v) is 19.9. The van der Waals surface area contributed by atoms with Gasteiger partial charge in [-0.25, -0.2) is 0 Å². The van der Waals surface area contributed by atoms with Gasteiger partial charge in [0.1, 0.15) is 5.72 Å². The molecule has 0 N–H and O–H groups in total. The van der Waals surface area contributed by atoms with Crippen LogP contribution >= 0.6 is 11.8 Å². The number of thioether (sulfide) groups is 1. The number of rotatable bonds is 6. The molecule has 27 heavy (non-hydrogen) atoms. The third kappa shape index (κ3) is 5.37. The van der Waals surface area contributed by atoms with Gasteiger partial charge in [-0.1, -0.05) is 39.0 Å². The second-order valence-electron chi connectivity index (χ2n) is 9.27. The van der Waals surface area contributed by atoms with Crippen LogP contribution in [0, 0.1) is 0 Å². The Hall–Kier alpha value is -0.823. The van der Waals surface area contributed by atoms with Crippen molar-refractivity contribution in [3.63, 3.8) is 0 Å². The molecule has 0 radical (unpaired) electrons. The van der Waals surface area contributed by atoms with Crippen molar-refractivity contribution in [2.24, 2.45) is 0 Å². The number of hydrogen-bond donors (Lipinski definition) is 0. The topological polar surface area (TPSA) is 38.8 Å². The first kappa shape index (κ1) is 22.5. The van der Waals surface area contributed by atoms with Gasteiger partial charge in [-0.3, -0.25) is 4.79 Å². The quantitative estimate of drug-likeness (QED) is 0.481. The van der Waals surface area contributed by atoms with Crippen molar-refractivity contribution in [2.75, 3.05) is 12.4 Å². The number of amides is 1. The molecule has 1 fully saturated rings. The van der Waals surface area contributed by atoms with Gasteiger partial charge < -0.3 is 14.1 Å². The molecule has 2 rings (SSSR count). The van der Waals surface area contributed by atoms with E-state index in [0.29, 0.717) is 12.4 Å². The summed E-state index contributed by atoms with van der Waals surface area (Å²) in [6, 6.07) is 9.98. The Morgan fingerprint density at radius 3 is 2.41 bits per heavy atom. The van der Waals surface area contributed by atoms with E-state index >= 15 is 0 Å². The standard InChI is InChI=1S/C21H35NO3SSi/c1-16-18(14-24-27(7,8)20(2,3)4)22(21(5,6)25-16)19(23)15-26-17-12-10-9-11-13-17/h9-13,16,18H,14-15H2,1-8H3/t16-,18-/m1/s1. The fourth-order valence-corrected chi connectivity index (χ4v) is 4.94. The second kappa shape index (κ2) is 8.27. The van der Waals surface area contributed by atoms with E-state index in [1.54, 1.807) is 11.8 Å². The number of benzene rings is 1. The molecular formula is C21H35NO3SSi. The largest absolute Gasteiger partial charge is 0.415 e. The molecular weight excluding hydrogens is 374 g/mol. The number of ether oxygens (including phenoxy) is 1. The first-order valence-electron chi connectivity index (χ1n) is 9.67. The Bertz CT molecular complexity index is 643. The van der Waals surface area contributed by atoms with E-state index < -0.39 is 14.0 Å². The van der Waals surface area contributed by atoms with E-state index in [0.717, 1.165) is 4.90 Å². The highest BCUT2D eigenvalue weighted by Gasteiger charge is 2.49. The zero-order chi connectivity index (χ0) is 20.5. The van der Waals surface area contributed by atoms with Crippen LogP contribution < -0.4 is 0 Å². The highest BCUT2D eigenvalue weighted by molar-refractivity contribution is 8.00. The van der Waals surface area contributed by atoms with E-state index in [1.165, 1.54) is 0 Å². The fraction of sp³-hybridized carbons (Fsp3) is 0.667. The first-order valence-corrected chi connectivity index (χ1v) is 13.6. The molecule has 4 nitrogen and oxygen atoms in total. The third-order valence-electron chi connectivity index (χ3n) is 5.72. The van der Waals surface area contributed by atoms with Gasteiger partial charge in [0.2, 0.25) is 5.91 Å². The van der Waals surface area contributed by atoms with Gasteiger partial charge in [0.05, 0.1) is 24.5 Å². The summed E-state index contributed by atoms with van der Waals surface area (Å²) in [6.45, 7) is 17.7. The average Bonchev–Trinajstić information content (AvgIpc) is 2.79. The maximum absolute atomic E-state index is 13.1. The number of carbonyl (C=O) groups is 1. The summed E-state index contributed by atoms with van der Waals surface area (Å²) < 4.78 is 12.6. The minimum Gasteiger partial charge on any atom is -0.415 e. The second-order valence-corrected chi connectivity index (χ2v) is 15.1. The van der Waals surface area contributed by atoms with Gasteiger partial charge in [-0.2, -0.15) is 0 Å². The lowest BCUT2D eigenvalue weighted by molar-refractivity contribution is -0.144. The van der Waals surface area contributed by atoms with Crippen LogP contribution in [0.25, 0.3) is 0 Å². The van der Waals surface area contributed by atoms with Crippen LogP contribution in [0.5, 0.6) is 0 Å². The molecule has 1 aromatic carbocycles. The molecule has 1 aliphatic heterocycles. The summed E-state index contributed by atoms with van der Waals surface area (Å²) in [5.74, 6) is 0.502. The molecule has 1 aliphatic rings. The van der Waals surface area contributed by atoms with Gasteiger partial charge in [-0.15, -0.1) is 11.8 Å². The molecule has 1 heterocycles. The van der Waals surface area contributed by atoms with Crippen LogP contribution in [-0.2, 0) is 14.0 Å². The minimum absolute atomic E-state index is 0.0459. The monoisotopic (exact) mass is 409 g/mol. The zero-order valence-electron chi connectivity index (χ0n) is 18.0. The van der Waals surface area contributed by atoms with Crippen LogP contribution in [0.1, 0.15) is 41.5 Å². The lowest BCUT2D eigenvalue weighted by atomic mass is 10.1. The number of hydrogen-bond acceptors (Lipinski definition) is 4. The van der Waals surface area contributed by atoms with Gasteiger partial charge >= 0.3 is 0 Å². The minimum atomic E-state index is -1.88. The predicted molar refractivity (Wildman–Crippen MR) is 116 cm³/mol. The fourth-order valence-electron chi connectivity index (χ4n) is 3.14. The first-order chi connectivity index (χ1) is 12.3. The lowest BCUT2D eigenvalue weighted by Crippen LogP contribution is -2.52. The van der Waals surface area contributed by atoms with Gasteiger partial charge in [0, 0.05) is 4.90 Å². The highest BCUT2D eigenvalue weighted by atomic mass is 32.2. The summed E-state index contributed by atoms with van der Waals surface area (Å²) in [6.07, 6.45) is -0.0459. The van der Waals surface area contributed by atoms with E-state index in [2.05, 4.69) is 33.9 Å². The van der Waals surface area contributed by atoms with Crippen molar-refractivity contribution in [3.05, 3.63) is 30.3 Å². The molecule has 6 heteroatoms. The highest BCUT2D eigenvalue weighted by Crippen LogP contribution is 2.39. The summed E-state index contributed by atoms with van der Waals surface area (Å²) in [7, 11) is -1.88. The van der Waals surface area contributed by atoms with Crippen LogP contribution in [0.2, 0.25) is 18.1 Å². The maximum Gasteiger partial charge on any atom is 0.235 e. The van der Waals surface area contributed by atoms with Crippen LogP contribution in [0.3, 0.4) is 0 Å². The van der Waals surface area contributed by atoms with Gasteiger partial charge in [0.15, 0.2) is 8.32 Å². The molecule has 1 aromatic rings. The summed E-state index contributed by atoms with van der Waals surface area (Å²) in [4.78, 5) is 16.1. The van der Waals surface area contributed by atoms with E-state index in [-0.39, 0.29) is 23.1 Å². The predicted octanol–water partition coefficient (Wildman–Crippen LogP) is 5.15. The molecule has 152 valence electrons. The molecule has 0 bridgehead atoms. The molecule has 0 aliphatic carbocycles. The van der Waals surface area contributed by atoms with Crippen molar-refractivity contribution < 1.29 is 14.0 Å². The van der Waals surface area contributed by atoms with Crippen LogP contribution in [0.15, 0.2) is 35.2 Å². The van der Waals surface area contributed by atoms with Crippen molar-refractivity contribution in [2.45, 2.75) is 82.4 Å². The summed E-state index contributed by atoms with van der Waals surface area (Å²) in [5.41, 5.74) is -0.616. The molecule has 0 spiro atoms. The van der Waals surface area contributed by atoms with E-state index in [1.807, 2.05) is 56.0 Å².